The second-order valence-corrected chi connectivity index (χ2v) is 4.29. The molecule has 4 heteroatoms. The Bertz CT molecular complexity index is 492. The topological polar surface area (TPSA) is 39.9 Å². The van der Waals surface area contributed by atoms with Crippen LogP contribution in [0.25, 0.3) is 5.69 Å². The van der Waals surface area contributed by atoms with Crippen LogP contribution in [0.2, 0.25) is 0 Å². The van der Waals surface area contributed by atoms with E-state index >= 15 is 0 Å². The Kier molecular flexibility index (Phi) is 2.55. The zero-order valence-corrected chi connectivity index (χ0v) is 9.89. The minimum Gasteiger partial charge on any atom is -0.497 e. The van der Waals surface area contributed by atoms with Gasteiger partial charge in [0.2, 0.25) is 0 Å². The fourth-order valence-corrected chi connectivity index (χ4v) is 2.17. The van der Waals surface area contributed by atoms with Crippen LogP contribution in [0.1, 0.15) is 24.2 Å². The Labute approximate surface area is 100 Å². The highest BCUT2D eigenvalue weighted by atomic mass is 16.5. The van der Waals surface area contributed by atoms with Gasteiger partial charge < -0.3 is 4.74 Å². The van der Waals surface area contributed by atoms with E-state index in [-0.39, 0.29) is 0 Å². The molecular formula is C13H15N3O. The van der Waals surface area contributed by atoms with Crippen molar-refractivity contribution in [2.75, 3.05) is 7.11 Å². The summed E-state index contributed by atoms with van der Waals surface area (Å²) in [6.07, 6.45) is 4.58. The predicted molar refractivity (Wildman–Crippen MR) is 64.6 cm³/mol. The van der Waals surface area contributed by atoms with Crippen LogP contribution in [0.5, 0.6) is 5.75 Å². The number of rotatable bonds is 2. The molecule has 0 spiro atoms. The molecule has 2 aromatic rings. The molecule has 0 radical (unpaired) electrons. The SMILES string of the molecule is COc1ccc(-n2nc3c(n2)CCCC3)cc1. The van der Waals surface area contributed by atoms with Gasteiger partial charge in [0, 0.05) is 0 Å². The van der Waals surface area contributed by atoms with Crippen molar-refractivity contribution in [1.29, 1.82) is 0 Å². The van der Waals surface area contributed by atoms with Crippen LogP contribution in [0.3, 0.4) is 0 Å². The van der Waals surface area contributed by atoms with Gasteiger partial charge in [-0.15, -0.1) is 0 Å². The van der Waals surface area contributed by atoms with E-state index < -0.39 is 0 Å². The fourth-order valence-electron chi connectivity index (χ4n) is 2.17. The number of aromatic nitrogens is 3. The number of fused-ring (bicyclic) bond motifs is 1. The van der Waals surface area contributed by atoms with E-state index in [0.29, 0.717) is 0 Å². The summed E-state index contributed by atoms with van der Waals surface area (Å²) in [5.41, 5.74) is 3.30. The Balaban J connectivity index is 1.94. The minimum absolute atomic E-state index is 0.852. The molecule has 1 aromatic carbocycles. The summed E-state index contributed by atoms with van der Waals surface area (Å²) in [5, 5.41) is 9.08. The molecular weight excluding hydrogens is 214 g/mol. The minimum atomic E-state index is 0.852. The molecule has 0 saturated carbocycles. The van der Waals surface area contributed by atoms with Gasteiger partial charge in [0.15, 0.2) is 0 Å². The summed E-state index contributed by atoms with van der Waals surface area (Å²) in [7, 11) is 1.67. The summed E-state index contributed by atoms with van der Waals surface area (Å²) < 4.78 is 5.14. The van der Waals surface area contributed by atoms with Crippen LogP contribution in [-0.2, 0) is 12.8 Å². The molecule has 0 amide bonds. The van der Waals surface area contributed by atoms with Gasteiger partial charge in [-0.1, -0.05) is 0 Å². The van der Waals surface area contributed by atoms with E-state index in [4.69, 9.17) is 4.74 Å². The summed E-state index contributed by atoms with van der Waals surface area (Å²) in [6, 6.07) is 7.81. The smallest absolute Gasteiger partial charge is 0.119 e. The van der Waals surface area contributed by atoms with Crippen LogP contribution in [-0.4, -0.2) is 22.1 Å². The first-order chi connectivity index (χ1) is 8.36. The summed E-state index contributed by atoms with van der Waals surface area (Å²) in [4.78, 5) is 1.73. The maximum absolute atomic E-state index is 5.14. The normalized spacial score (nSPS) is 14.4. The standard InChI is InChI=1S/C13H15N3O/c1-17-11-8-6-10(7-9-11)16-14-12-4-2-3-5-13(12)15-16/h6-9H,2-5H2,1H3. The molecule has 88 valence electrons. The van der Waals surface area contributed by atoms with E-state index in [9.17, 15) is 0 Å². The highest BCUT2D eigenvalue weighted by molar-refractivity contribution is 5.36. The van der Waals surface area contributed by atoms with Gasteiger partial charge >= 0.3 is 0 Å². The molecule has 1 heterocycles. The number of benzene rings is 1. The monoisotopic (exact) mass is 229 g/mol. The summed E-state index contributed by atoms with van der Waals surface area (Å²) in [5.74, 6) is 0.852. The third kappa shape index (κ3) is 1.90. The van der Waals surface area contributed by atoms with Crippen molar-refractivity contribution in [1.82, 2.24) is 15.0 Å². The Hall–Kier alpha value is -1.84. The first-order valence-corrected chi connectivity index (χ1v) is 5.96. The van der Waals surface area contributed by atoms with Crippen LogP contribution < -0.4 is 4.74 Å². The molecule has 1 aliphatic rings. The lowest BCUT2D eigenvalue weighted by Gasteiger charge is -2.04. The van der Waals surface area contributed by atoms with E-state index in [1.165, 1.54) is 12.8 Å². The second kappa shape index (κ2) is 4.20. The molecule has 0 aliphatic heterocycles. The summed E-state index contributed by atoms with van der Waals surface area (Å²) >= 11 is 0. The third-order valence-corrected chi connectivity index (χ3v) is 3.14. The molecule has 0 fully saturated rings. The van der Waals surface area contributed by atoms with Gasteiger partial charge in [-0.05, 0) is 49.9 Å². The number of ether oxygens (including phenoxy) is 1. The van der Waals surface area contributed by atoms with Crippen molar-refractivity contribution in [3.8, 4) is 11.4 Å². The number of methoxy groups -OCH3 is 1. The highest BCUT2D eigenvalue weighted by Gasteiger charge is 2.15. The maximum Gasteiger partial charge on any atom is 0.119 e. The first kappa shape index (κ1) is 10.3. The molecule has 1 aromatic heterocycles. The van der Waals surface area contributed by atoms with Crippen molar-refractivity contribution in [3.05, 3.63) is 35.7 Å². The number of hydrogen-bond acceptors (Lipinski definition) is 3. The van der Waals surface area contributed by atoms with Crippen molar-refractivity contribution in [2.45, 2.75) is 25.7 Å². The lowest BCUT2D eigenvalue weighted by Crippen LogP contribution is -2.00. The Morgan fingerprint density at radius 3 is 2.12 bits per heavy atom. The molecule has 0 N–H and O–H groups in total. The largest absolute Gasteiger partial charge is 0.497 e. The van der Waals surface area contributed by atoms with Crippen molar-refractivity contribution >= 4 is 0 Å². The average Bonchev–Trinajstić information content (AvgIpc) is 2.82. The number of nitrogens with zero attached hydrogens (tertiary/aromatic N) is 3. The van der Waals surface area contributed by atoms with Gasteiger partial charge in [0.05, 0.1) is 24.2 Å². The fraction of sp³-hybridized carbons (Fsp3) is 0.385. The van der Waals surface area contributed by atoms with E-state index in [0.717, 1.165) is 35.7 Å². The second-order valence-electron chi connectivity index (χ2n) is 4.29. The van der Waals surface area contributed by atoms with Crippen LogP contribution in [0.4, 0.5) is 0 Å². The van der Waals surface area contributed by atoms with Gasteiger partial charge in [0.25, 0.3) is 0 Å². The van der Waals surface area contributed by atoms with Crippen molar-refractivity contribution in [3.63, 3.8) is 0 Å². The van der Waals surface area contributed by atoms with Crippen molar-refractivity contribution in [2.24, 2.45) is 0 Å². The third-order valence-electron chi connectivity index (χ3n) is 3.14. The van der Waals surface area contributed by atoms with Crippen LogP contribution in [0.15, 0.2) is 24.3 Å². The number of hydrogen-bond donors (Lipinski definition) is 0. The first-order valence-electron chi connectivity index (χ1n) is 5.96. The highest BCUT2D eigenvalue weighted by Crippen LogP contribution is 2.19. The Morgan fingerprint density at radius 1 is 1.00 bits per heavy atom. The zero-order chi connectivity index (χ0) is 11.7. The van der Waals surface area contributed by atoms with Gasteiger partial charge in [-0.25, -0.2) is 0 Å². The molecule has 3 rings (SSSR count). The van der Waals surface area contributed by atoms with Gasteiger partial charge in [0.1, 0.15) is 5.75 Å². The molecule has 4 nitrogen and oxygen atoms in total. The molecule has 0 bridgehead atoms. The Morgan fingerprint density at radius 2 is 1.59 bits per heavy atom. The number of aryl methyl sites for hydroxylation is 2. The molecule has 17 heavy (non-hydrogen) atoms. The quantitative estimate of drug-likeness (QED) is 0.792. The summed E-state index contributed by atoms with van der Waals surface area (Å²) in [6.45, 7) is 0. The lowest BCUT2D eigenvalue weighted by atomic mass is 10.0. The van der Waals surface area contributed by atoms with Gasteiger partial charge in [-0.2, -0.15) is 15.0 Å². The van der Waals surface area contributed by atoms with Crippen LogP contribution >= 0.6 is 0 Å². The van der Waals surface area contributed by atoms with E-state index in [1.807, 2.05) is 24.3 Å². The molecule has 0 saturated heterocycles. The molecule has 0 unspecified atom stereocenters. The predicted octanol–water partition coefficient (Wildman–Crippen LogP) is 2.15. The molecule has 0 atom stereocenters. The van der Waals surface area contributed by atoms with E-state index in [1.54, 1.807) is 11.9 Å². The van der Waals surface area contributed by atoms with Gasteiger partial charge in [-0.3, -0.25) is 0 Å². The van der Waals surface area contributed by atoms with Crippen molar-refractivity contribution < 1.29 is 4.74 Å². The maximum atomic E-state index is 5.14. The lowest BCUT2D eigenvalue weighted by molar-refractivity contribution is 0.414. The zero-order valence-electron chi connectivity index (χ0n) is 9.89. The van der Waals surface area contributed by atoms with E-state index in [2.05, 4.69) is 10.2 Å². The average molecular weight is 229 g/mol. The molecule has 1 aliphatic carbocycles. The van der Waals surface area contributed by atoms with Crippen LogP contribution in [0, 0.1) is 0 Å².